The van der Waals surface area contributed by atoms with Crippen LogP contribution in [0.4, 0.5) is 0 Å². The topological polar surface area (TPSA) is 72.6 Å². The Morgan fingerprint density at radius 2 is 1.49 bits per heavy atom. The number of hydrogen-bond acceptors (Lipinski definition) is 5. The van der Waals surface area contributed by atoms with Crippen molar-refractivity contribution >= 4 is 11.8 Å². The predicted octanol–water partition coefficient (Wildman–Crippen LogP) is 4.56. The van der Waals surface area contributed by atoms with Crippen LogP contribution in [0.3, 0.4) is 0 Å². The summed E-state index contributed by atoms with van der Waals surface area (Å²) in [4.78, 5) is 27.4. The number of nitrogens with two attached hydrogens (primary N) is 1. The summed E-state index contributed by atoms with van der Waals surface area (Å²) < 4.78 is 5.82. The van der Waals surface area contributed by atoms with Crippen molar-refractivity contribution in [3.8, 4) is 11.1 Å². The third-order valence-corrected chi connectivity index (χ3v) is 6.64. The van der Waals surface area contributed by atoms with Crippen LogP contribution in [0.15, 0.2) is 78.9 Å². The van der Waals surface area contributed by atoms with E-state index in [1.54, 1.807) is 0 Å². The van der Waals surface area contributed by atoms with E-state index in [0.717, 1.165) is 60.3 Å². The number of Topliss-reactive ketones (excluding diaryl/α,β-unsaturated/α-hetero) is 1. The second kappa shape index (κ2) is 12.4. The molecule has 1 fully saturated rings. The predicted molar refractivity (Wildman–Crippen MR) is 139 cm³/mol. The van der Waals surface area contributed by atoms with E-state index in [1.165, 1.54) is 0 Å². The highest BCUT2D eigenvalue weighted by Crippen LogP contribution is 2.24. The van der Waals surface area contributed by atoms with Crippen LogP contribution in [0.1, 0.15) is 36.0 Å². The zero-order valence-electron chi connectivity index (χ0n) is 20.2. The molecule has 3 aromatic rings. The van der Waals surface area contributed by atoms with Gasteiger partial charge in [-0.2, -0.15) is 0 Å². The van der Waals surface area contributed by atoms with E-state index in [0.29, 0.717) is 19.4 Å². The van der Waals surface area contributed by atoms with Gasteiger partial charge in [-0.3, -0.25) is 9.59 Å². The van der Waals surface area contributed by atoms with E-state index in [1.807, 2.05) is 66.7 Å². The molecule has 1 aliphatic rings. The molecule has 0 saturated carbocycles. The third kappa shape index (κ3) is 7.35. The Morgan fingerprint density at radius 1 is 0.829 bits per heavy atom. The van der Waals surface area contributed by atoms with E-state index in [9.17, 15) is 9.59 Å². The SMILES string of the molecule is NCc1ccc(CC(=O)CCN2CCC(OC(=O)Cc3ccccc3-c3ccccc3)CC2)cc1. The molecule has 2 N–H and O–H groups in total. The van der Waals surface area contributed by atoms with Crippen molar-refractivity contribution < 1.29 is 14.3 Å². The summed E-state index contributed by atoms with van der Waals surface area (Å²) in [6, 6.07) is 26.0. The third-order valence-electron chi connectivity index (χ3n) is 6.64. The summed E-state index contributed by atoms with van der Waals surface area (Å²) in [5.74, 6) is 0.0683. The first-order chi connectivity index (χ1) is 17.1. The fourth-order valence-corrected chi connectivity index (χ4v) is 4.60. The summed E-state index contributed by atoms with van der Waals surface area (Å²) in [6.45, 7) is 2.96. The molecule has 0 bridgehead atoms. The van der Waals surface area contributed by atoms with Crippen LogP contribution >= 0.6 is 0 Å². The number of nitrogens with zero attached hydrogens (tertiary/aromatic N) is 1. The van der Waals surface area contributed by atoms with E-state index < -0.39 is 0 Å². The number of ketones is 1. The van der Waals surface area contributed by atoms with Gasteiger partial charge in [-0.15, -0.1) is 0 Å². The van der Waals surface area contributed by atoms with E-state index in [2.05, 4.69) is 17.0 Å². The maximum absolute atomic E-state index is 12.7. The monoisotopic (exact) mass is 470 g/mol. The normalized spacial score (nSPS) is 14.5. The van der Waals surface area contributed by atoms with Crippen LogP contribution in [-0.4, -0.2) is 42.4 Å². The highest BCUT2D eigenvalue weighted by atomic mass is 16.5. The van der Waals surface area contributed by atoms with E-state index in [-0.39, 0.29) is 24.3 Å². The summed E-state index contributed by atoms with van der Waals surface area (Å²) in [5.41, 5.74) is 10.9. The minimum Gasteiger partial charge on any atom is -0.462 e. The molecule has 0 aliphatic carbocycles. The van der Waals surface area contributed by atoms with Gasteiger partial charge in [0.1, 0.15) is 11.9 Å². The molecule has 0 radical (unpaired) electrons. The van der Waals surface area contributed by atoms with Gasteiger partial charge in [-0.1, -0.05) is 78.9 Å². The summed E-state index contributed by atoms with van der Waals surface area (Å²) in [6.07, 6.45) is 2.83. The number of hydrogen-bond donors (Lipinski definition) is 1. The number of rotatable bonds is 10. The Labute approximate surface area is 207 Å². The number of piperidine rings is 1. The largest absolute Gasteiger partial charge is 0.462 e. The number of esters is 1. The van der Waals surface area contributed by atoms with Gasteiger partial charge in [-0.25, -0.2) is 0 Å². The number of ether oxygens (including phenoxy) is 1. The van der Waals surface area contributed by atoms with Gasteiger partial charge < -0.3 is 15.4 Å². The lowest BCUT2D eigenvalue weighted by Gasteiger charge is -2.31. The molecule has 1 aliphatic heterocycles. The molecule has 5 nitrogen and oxygen atoms in total. The van der Waals surface area contributed by atoms with Crippen LogP contribution in [0.2, 0.25) is 0 Å². The first-order valence-corrected chi connectivity index (χ1v) is 12.5. The first kappa shape index (κ1) is 24.8. The summed E-state index contributed by atoms with van der Waals surface area (Å²) in [5, 5.41) is 0. The number of likely N-dealkylation sites (tertiary alicyclic amines) is 1. The van der Waals surface area contributed by atoms with Gasteiger partial charge in [0.15, 0.2) is 0 Å². The molecule has 1 saturated heterocycles. The highest BCUT2D eigenvalue weighted by Gasteiger charge is 2.23. The molecule has 0 aromatic heterocycles. The van der Waals surface area contributed by atoms with Gasteiger partial charge in [0.05, 0.1) is 6.42 Å². The molecular weight excluding hydrogens is 436 g/mol. The minimum atomic E-state index is -0.178. The molecule has 3 aromatic carbocycles. The molecule has 0 amide bonds. The van der Waals surface area contributed by atoms with Gasteiger partial charge in [0.2, 0.25) is 0 Å². The molecule has 5 heteroatoms. The fourth-order valence-electron chi connectivity index (χ4n) is 4.60. The van der Waals surface area contributed by atoms with E-state index in [4.69, 9.17) is 10.5 Å². The molecule has 4 rings (SSSR count). The second-order valence-corrected chi connectivity index (χ2v) is 9.22. The molecule has 35 heavy (non-hydrogen) atoms. The van der Waals surface area contributed by atoms with Crippen molar-refractivity contribution in [2.24, 2.45) is 5.73 Å². The average Bonchev–Trinajstić information content (AvgIpc) is 2.89. The molecule has 1 heterocycles. The highest BCUT2D eigenvalue weighted by molar-refractivity contribution is 5.81. The van der Waals surface area contributed by atoms with Crippen LogP contribution in [0, 0.1) is 0 Å². The second-order valence-electron chi connectivity index (χ2n) is 9.22. The van der Waals surface area contributed by atoms with Crippen molar-refractivity contribution in [1.29, 1.82) is 0 Å². The van der Waals surface area contributed by atoms with Gasteiger partial charge in [-0.05, 0) is 40.7 Å². The van der Waals surface area contributed by atoms with Crippen LogP contribution in [0.25, 0.3) is 11.1 Å². The first-order valence-electron chi connectivity index (χ1n) is 12.5. The lowest BCUT2D eigenvalue weighted by Crippen LogP contribution is -2.39. The van der Waals surface area contributed by atoms with Crippen LogP contribution in [0.5, 0.6) is 0 Å². The summed E-state index contributed by atoms with van der Waals surface area (Å²) >= 11 is 0. The smallest absolute Gasteiger partial charge is 0.310 e. The lowest BCUT2D eigenvalue weighted by atomic mass is 9.98. The maximum atomic E-state index is 12.7. The van der Waals surface area contributed by atoms with Crippen molar-refractivity contribution in [3.05, 3.63) is 95.6 Å². The van der Waals surface area contributed by atoms with Crippen LogP contribution < -0.4 is 5.73 Å². The summed E-state index contributed by atoms with van der Waals surface area (Å²) in [7, 11) is 0. The van der Waals surface area contributed by atoms with Crippen molar-refractivity contribution in [3.63, 3.8) is 0 Å². The lowest BCUT2D eigenvalue weighted by molar-refractivity contribution is -0.150. The van der Waals surface area contributed by atoms with Crippen molar-refractivity contribution in [2.45, 2.75) is 44.8 Å². The molecular formula is C30H34N2O3. The molecule has 0 unspecified atom stereocenters. The number of benzene rings is 3. The van der Waals surface area contributed by atoms with Crippen LogP contribution in [-0.2, 0) is 33.7 Å². The Balaban J connectivity index is 1.19. The van der Waals surface area contributed by atoms with Gasteiger partial charge >= 0.3 is 5.97 Å². The quantitative estimate of drug-likeness (QED) is 0.440. The Morgan fingerprint density at radius 3 is 2.20 bits per heavy atom. The van der Waals surface area contributed by atoms with Crippen molar-refractivity contribution in [1.82, 2.24) is 4.90 Å². The molecule has 0 spiro atoms. The Kier molecular flexibility index (Phi) is 8.82. The zero-order chi connectivity index (χ0) is 24.5. The standard InChI is InChI=1S/C30H34N2O3/c31-22-24-12-10-23(11-13-24)20-27(33)14-17-32-18-15-28(16-19-32)35-30(34)21-26-8-4-5-9-29(26)25-6-2-1-3-7-25/h1-13,28H,14-22,31H2. The zero-order valence-corrected chi connectivity index (χ0v) is 20.2. The van der Waals surface area contributed by atoms with Gasteiger partial charge in [0.25, 0.3) is 0 Å². The average molecular weight is 471 g/mol. The number of carbonyl (C=O) groups is 2. The minimum absolute atomic E-state index is 0.0561. The fraction of sp³-hybridized carbons (Fsp3) is 0.333. The molecule has 182 valence electrons. The Bertz CT molecular complexity index is 1100. The number of carbonyl (C=O) groups excluding carboxylic acids is 2. The molecule has 0 atom stereocenters. The van der Waals surface area contributed by atoms with Gasteiger partial charge in [0, 0.05) is 39.0 Å². The van der Waals surface area contributed by atoms with Crippen molar-refractivity contribution in [2.75, 3.05) is 19.6 Å². The maximum Gasteiger partial charge on any atom is 0.310 e. The van der Waals surface area contributed by atoms with E-state index >= 15 is 0 Å². The Hall–Kier alpha value is -3.28.